The molecule has 94 valence electrons. The molecular weight excluding hydrogens is 216 g/mol. The maximum Gasteiger partial charge on any atom is -0.0276 e. The minimum Gasteiger partial charge on any atom is -0.0625 e. The summed E-state index contributed by atoms with van der Waals surface area (Å²) >= 11 is 0. The number of hydrogen-bond donors (Lipinski definition) is 0. The first-order chi connectivity index (χ1) is 8.84. The van der Waals surface area contributed by atoms with Crippen molar-refractivity contribution in [3.05, 3.63) is 71.8 Å². The maximum atomic E-state index is 2.37. The zero-order chi connectivity index (χ0) is 12.6. The van der Waals surface area contributed by atoms with E-state index in [1.807, 2.05) is 0 Å². The second kappa shape index (κ2) is 7.00. The van der Waals surface area contributed by atoms with Crippen molar-refractivity contribution in [3.8, 4) is 0 Å². The van der Waals surface area contributed by atoms with E-state index in [4.69, 9.17) is 0 Å². The lowest BCUT2D eigenvalue weighted by atomic mass is 9.95. The van der Waals surface area contributed by atoms with Crippen LogP contribution in [0.25, 0.3) is 0 Å². The summed E-state index contributed by atoms with van der Waals surface area (Å²) in [5.41, 5.74) is 2.92. The van der Waals surface area contributed by atoms with Crippen molar-refractivity contribution in [2.24, 2.45) is 5.92 Å². The van der Waals surface area contributed by atoms with Crippen molar-refractivity contribution in [1.29, 1.82) is 0 Å². The van der Waals surface area contributed by atoms with Gasteiger partial charge in [-0.05, 0) is 42.7 Å². The molecule has 2 aromatic rings. The average Bonchev–Trinajstić information content (AvgIpc) is 2.45. The molecule has 0 radical (unpaired) electrons. The summed E-state index contributed by atoms with van der Waals surface area (Å²) in [5, 5.41) is 0. The Morgan fingerprint density at radius 2 is 1.06 bits per heavy atom. The topological polar surface area (TPSA) is 0 Å². The molecule has 0 fully saturated rings. The summed E-state index contributed by atoms with van der Waals surface area (Å²) in [4.78, 5) is 0. The van der Waals surface area contributed by atoms with Gasteiger partial charge in [0, 0.05) is 0 Å². The molecule has 0 heterocycles. The molecule has 0 saturated heterocycles. The van der Waals surface area contributed by atoms with E-state index in [-0.39, 0.29) is 0 Å². The molecule has 0 amide bonds. The van der Waals surface area contributed by atoms with Crippen LogP contribution in [-0.4, -0.2) is 0 Å². The molecule has 0 heteroatoms. The Hall–Kier alpha value is -1.56. The molecule has 0 atom stereocenters. The largest absolute Gasteiger partial charge is 0.0625 e. The molecule has 0 saturated carbocycles. The highest BCUT2D eigenvalue weighted by molar-refractivity contribution is 5.15. The number of benzene rings is 2. The highest BCUT2D eigenvalue weighted by atomic mass is 14.1. The van der Waals surface area contributed by atoms with Gasteiger partial charge in [-0.2, -0.15) is 0 Å². The van der Waals surface area contributed by atoms with Gasteiger partial charge >= 0.3 is 0 Å². The lowest BCUT2D eigenvalue weighted by Gasteiger charge is -2.11. The molecule has 0 aliphatic carbocycles. The second-order valence-corrected chi connectivity index (χ2v) is 5.15. The van der Waals surface area contributed by atoms with E-state index in [0.717, 1.165) is 5.92 Å². The summed E-state index contributed by atoms with van der Waals surface area (Å²) in [7, 11) is 0. The summed E-state index contributed by atoms with van der Waals surface area (Å²) in [6.45, 7) is 2.37. The summed E-state index contributed by atoms with van der Waals surface area (Å²) in [6, 6.07) is 21.6. The zero-order valence-corrected chi connectivity index (χ0v) is 11.2. The Kier molecular flexibility index (Phi) is 5.01. The predicted octanol–water partition coefficient (Wildman–Crippen LogP) is 4.89. The lowest BCUT2D eigenvalue weighted by molar-refractivity contribution is 0.493. The van der Waals surface area contributed by atoms with Crippen molar-refractivity contribution in [2.75, 3.05) is 0 Å². The maximum absolute atomic E-state index is 2.37. The summed E-state index contributed by atoms with van der Waals surface area (Å²) in [5.74, 6) is 0.797. The fourth-order valence-electron chi connectivity index (χ4n) is 2.26. The Morgan fingerprint density at radius 3 is 1.44 bits per heavy atom. The highest BCUT2D eigenvalue weighted by Gasteiger charge is 2.03. The van der Waals surface area contributed by atoms with Crippen LogP contribution >= 0.6 is 0 Å². The molecule has 0 aliphatic heterocycles. The van der Waals surface area contributed by atoms with Gasteiger partial charge in [0.15, 0.2) is 0 Å². The van der Waals surface area contributed by atoms with Crippen molar-refractivity contribution < 1.29 is 0 Å². The third kappa shape index (κ3) is 4.37. The standard InChI is InChI=1S/C18H22/c1-16(12-14-17-8-4-2-5-9-17)13-15-18-10-6-3-7-11-18/h2-11,16H,12-15H2,1H3. The van der Waals surface area contributed by atoms with E-state index in [9.17, 15) is 0 Å². The molecule has 0 aromatic heterocycles. The Labute approximate surface area is 111 Å². The van der Waals surface area contributed by atoms with Gasteiger partial charge in [-0.25, -0.2) is 0 Å². The van der Waals surface area contributed by atoms with Gasteiger partial charge in [0.05, 0.1) is 0 Å². The van der Waals surface area contributed by atoms with Crippen molar-refractivity contribution in [1.82, 2.24) is 0 Å². The Balaban J connectivity index is 1.71. The van der Waals surface area contributed by atoms with Crippen molar-refractivity contribution in [2.45, 2.75) is 32.6 Å². The van der Waals surface area contributed by atoms with Gasteiger partial charge in [0.2, 0.25) is 0 Å². The van der Waals surface area contributed by atoms with Crippen LogP contribution in [0, 0.1) is 5.92 Å². The molecule has 2 rings (SSSR count). The van der Waals surface area contributed by atoms with E-state index in [2.05, 4.69) is 67.6 Å². The first kappa shape index (κ1) is 12.9. The smallest absolute Gasteiger partial charge is 0.0276 e. The molecule has 18 heavy (non-hydrogen) atoms. The van der Waals surface area contributed by atoms with Crippen LogP contribution < -0.4 is 0 Å². The minimum absolute atomic E-state index is 0.797. The quantitative estimate of drug-likeness (QED) is 0.672. The SMILES string of the molecule is CC(CCc1ccccc1)CCc1ccccc1. The van der Waals surface area contributed by atoms with E-state index in [1.165, 1.54) is 36.8 Å². The van der Waals surface area contributed by atoms with Crippen LogP contribution in [0.5, 0.6) is 0 Å². The monoisotopic (exact) mass is 238 g/mol. The number of hydrogen-bond acceptors (Lipinski definition) is 0. The Morgan fingerprint density at radius 1 is 0.667 bits per heavy atom. The van der Waals surface area contributed by atoms with E-state index < -0.39 is 0 Å². The fourth-order valence-corrected chi connectivity index (χ4v) is 2.26. The van der Waals surface area contributed by atoms with E-state index >= 15 is 0 Å². The first-order valence-electron chi connectivity index (χ1n) is 6.92. The fraction of sp³-hybridized carbons (Fsp3) is 0.333. The summed E-state index contributed by atoms with van der Waals surface area (Å²) < 4.78 is 0. The molecule has 2 aromatic carbocycles. The number of aryl methyl sites for hydroxylation is 2. The van der Waals surface area contributed by atoms with E-state index in [0.29, 0.717) is 0 Å². The molecular formula is C18H22. The Bertz CT molecular complexity index is 387. The second-order valence-electron chi connectivity index (χ2n) is 5.15. The van der Waals surface area contributed by atoms with Gasteiger partial charge in [-0.15, -0.1) is 0 Å². The van der Waals surface area contributed by atoms with Crippen molar-refractivity contribution in [3.63, 3.8) is 0 Å². The minimum atomic E-state index is 0.797. The van der Waals surface area contributed by atoms with Gasteiger partial charge in [-0.3, -0.25) is 0 Å². The molecule has 0 aliphatic rings. The van der Waals surface area contributed by atoms with Crippen LogP contribution in [0.15, 0.2) is 60.7 Å². The molecule has 0 unspecified atom stereocenters. The lowest BCUT2D eigenvalue weighted by Crippen LogP contribution is -1.99. The first-order valence-corrected chi connectivity index (χ1v) is 6.92. The third-order valence-electron chi connectivity index (χ3n) is 3.54. The van der Waals surface area contributed by atoms with Crippen LogP contribution in [0.2, 0.25) is 0 Å². The van der Waals surface area contributed by atoms with Gasteiger partial charge in [0.1, 0.15) is 0 Å². The normalized spacial score (nSPS) is 10.8. The van der Waals surface area contributed by atoms with Gasteiger partial charge in [0.25, 0.3) is 0 Å². The van der Waals surface area contributed by atoms with Crippen LogP contribution in [0.4, 0.5) is 0 Å². The highest BCUT2D eigenvalue weighted by Crippen LogP contribution is 2.15. The molecule has 0 spiro atoms. The van der Waals surface area contributed by atoms with Crippen LogP contribution in [0.3, 0.4) is 0 Å². The predicted molar refractivity (Wildman–Crippen MR) is 78.7 cm³/mol. The third-order valence-corrected chi connectivity index (χ3v) is 3.54. The van der Waals surface area contributed by atoms with Crippen molar-refractivity contribution >= 4 is 0 Å². The van der Waals surface area contributed by atoms with Crippen LogP contribution in [0.1, 0.15) is 30.9 Å². The van der Waals surface area contributed by atoms with Gasteiger partial charge < -0.3 is 0 Å². The zero-order valence-electron chi connectivity index (χ0n) is 11.2. The van der Waals surface area contributed by atoms with E-state index in [1.54, 1.807) is 0 Å². The molecule has 0 nitrogen and oxygen atoms in total. The number of rotatable bonds is 6. The van der Waals surface area contributed by atoms with Crippen LogP contribution in [-0.2, 0) is 12.8 Å². The summed E-state index contributed by atoms with van der Waals surface area (Å²) in [6.07, 6.45) is 4.99. The molecule has 0 N–H and O–H groups in total. The molecule has 0 bridgehead atoms. The average molecular weight is 238 g/mol. The van der Waals surface area contributed by atoms with Gasteiger partial charge in [-0.1, -0.05) is 67.6 Å².